The molecule has 1 N–H and O–H groups in total. The van der Waals surface area contributed by atoms with Crippen LogP contribution in [0.3, 0.4) is 0 Å². The molecular weight excluding hydrogens is 283 g/mol. The molecule has 2 atom stereocenters. The average Bonchev–Trinajstić information content (AvgIpc) is 2.72. The molecule has 0 radical (unpaired) electrons. The largest absolute Gasteiger partial charge is 0.573 e. The predicted molar refractivity (Wildman–Crippen MR) is 73.2 cm³/mol. The molecule has 6 heteroatoms. The van der Waals surface area contributed by atoms with Crippen molar-refractivity contribution in [1.82, 2.24) is 5.32 Å². The molecule has 1 aromatic rings. The third-order valence-electron chi connectivity index (χ3n) is 4.07. The zero-order chi connectivity index (χ0) is 15.5. The van der Waals surface area contributed by atoms with E-state index in [-0.39, 0.29) is 17.3 Å². The van der Waals surface area contributed by atoms with Crippen LogP contribution in [0.25, 0.3) is 0 Å². The lowest BCUT2D eigenvalue weighted by Crippen LogP contribution is -2.40. The van der Waals surface area contributed by atoms with Crippen molar-refractivity contribution >= 4 is 0 Å². The fourth-order valence-corrected chi connectivity index (χ4v) is 2.91. The van der Waals surface area contributed by atoms with Gasteiger partial charge in [-0.3, -0.25) is 0 Å². The molecule has 0 aromatic heterocycles. The second-order valence-corrected chi connectivity index (χ2v) is 5.52. The lowest BCUT2D eigenvalue weighted by atomic mass is 9.76. The second-order valence-electron chi connectivity index (χ2n) is 5.52. The van der Waals surface area contributed by atoms with Gasteiger partial charge in [-0.15, -0.1) is 13.2 Å². The van der Waals surface area contributed by atoms with E-state index in [1.807, 2.05) is 14.0 Å². The SMILES string of the molecule is CNCC1(Cc2ccc(OC(F)(F)F)cc2)CCOC1C. The zero-order valence-electron chi connectivity index (χ0n) is 12.2. The molecule has 1 saturated heterocycles. The molecule has 0 bridgehead atoms. The van der Waals surface area contributed by atoms with Crippen molar-refractivity contribution in [2.24, 2.45) is 5.41 Å². The maximum Gasteiger partial charge on any atom is 0.573 e. The van der Waals surface area contributed by atoms with Crippen LogP contribution in [0.15, 0.2) is 24.3 Å². The Hall–Kier alpha value is -1.27. The van der Waals surface area contributed by atoms with Gasteiger partial charge in [0.1, 0.15) is 5.75 Å². The molecule has 118 valence electrons. The highest BCUT2D eigenvalue weighted by atomic mass is 19.4. The predicted octanol–water partition coefficient (Wildman–Crippen LogP) is 3.14. The molecule has 21 heavy (non-hydrogen) atoms. The summed E-state index contributed by atoms with van der Waals surface area (Å²) in [4.78, 5) is 0. The van der Waals surface area contributed by atoms with Crippen LogP contribution < -0.4 is 10.1 Å². The minimum atomic E-state index is -4.65. The average molecular weight is 303 g/mol. The minimum Gasteiger partial charge on any atom is -0.406 e. The van der Waals surface area contributed by atoms with Crippen molar-refractivity contribution in [3.05, 3.63) is 29.8 Å². The van der Waals surface area contributed by atoms with Crippen LogP contribution in [0, 0.1) is 5.41 Å². The van der Waals surface area contributed by atoms with Crippen molar-refractivity contribution in [3.63, 3.8) is 0 Å². The molecule has 0 aliphatic carbocycles. The first-order chi connectivity index (χ1) is 9.85. The van der Waals surface area contributed by atoms with E-state index in [1.54, 1.807) is 12.1 Å². The van der Waals surface area contributed by atoms with Gasteiger partial charge in [0.2, 0.25) is 0 Å². The summed E-state index contributed by atoms with van der Waals surface area (Å²) in [5.74, 6) is -0.190. The molecule has 1 aliphatic rings. The fourth-order valence-electron chi connectivity index (χ4n) is 2.91. The first kappa shape index (κ1) is 16.1. The maximum atomic E-state index is 12.1. The number of rotatable bonds is 5. The summed E-state index contributed by atoms with van der Waals surface area (Å²) in [5, 5.41) is 3.19. The number of alkyl halides is 3. The first-order valence-corrected chi connectivity index (χ1v) is 6.95. The van der Waals surface area contributed by atoms with Crippen LogP contribution in [0.1, 0.15) is 18.9 Å². The standard InChI is InChI=1S/C15H20F3NO2/c1-11-14(10-19-2,7-8-20-11)9-12-3-5-13(6-4-12)21-15(16,17)18/h3-6,11,19H,7-10H2,1-2H3. The highest BCUT2D eigenvalue weighted by molar-refractivity contribution is 5.28. The Balaban J connectivity index is 2.08. The third-order valence-corrected chi connectivity index (χ3v) is 4.07. The monoisotopic (exact) mass is 303 g/mol. The fraction of sp³-hybridized carbons (Fsp3) is 0.600. The summed E-state index contributed by atoms with van der Waals surface area (Å²) < 4.78 is 46.0. The van der Waals surface area contributed by atoms with Crippen molar-refractivity contribution in [2.45, 2.75) is 32.2 Å². The molecule has 0 amide bonds. The highest BCUT2D eigenvalue weighted by Crippen LogP contribution is 2.38. The molecule has 1 heterocycles. The number of hydrogen-bond donors (Lipinski definition) is 1. The molecule has 3 nitrogen and oxygen atoms in total. The number of benzene rings is 1. The first-order valence-electron chi connectivity index (χ1n) is 6.95. The van der Waals surface area contributed by atoms with E-state index >= 15 is 0 Å². The minimum absolute atomic E-state index is 0.0127. The quantitative estimate of drug-likeness (QED) is 0.906. The number of nitrogens with one attached hydrogen (secondary N) is 1. The summed E-state index contributed by atoms with van der Waals surface area (Å²) in [5.41, 5.74) is 0.971. The molecule has 1 aromatic carbocycles. The van der Waals surface area contributed by atoms with Crippen molar-refractivity contribution in [1.29, 1.82) is 0 Å². The van der Waals surface area contributed by atoms with E-state index in [0.717, 1.165) is 31.6 Å². The Morgan fingerprint density at radius 2 is 2.00 bits per heavy atom. The third kappa shape index (κ3) is 4.11. The summed E-state index contributed by atoms with van der Waals surface area (Å²) in [6.45, 7) is 3.58. The van der Waals surface area contributed by atoms with Crippen LogP contribution in [-0.2, 0) is 11.2 Å². The second kappa shape index (κ2) is 6.23. The summed E-state index contributed by atoms with van der Waals surface area (Å²) in [6, 6.07) is 6.08. The highest BCUT2D eigenvalue weighted by Gasteiger charge is 2.40. The lowest BCUT2D eigenvalue weighted by Gasteiger charge is -2.32. The van der Waals surface area contributed by atoms with Gasteiger partial charge in [-0.05, 0) is 44.5 Å². The van der Waals surface area contributed by atoms with E-state index in [0.29, 0.717) is 0 Å². The van der Waals surface area contributed by atoms with Gasteiger partial charge >= 0.3 is 6.36 Å². The summed E-state index contributed by atoms with van der Waals surface area (Å²) in [7, 11) is 1.90. The molecule has 2 unspecified atom stereocenters. The van der Waals surface area contributed by atoms with Crippen molar-refractivity contribution < 1.29 is 22.6 Å². The van der Waals surface area contributed by atoms with Gasteiger partial charge in [-0.1, -0.05) is 12.1 Å². The van der Waals surface area contributed by atoms with Crippen LogP contribution >= 0.6 is 0 Å². The Bertz CT molecular complexity index is 461. The van der Waals surface area contributed by atoms with Gasteiger partial charge in [0.25, 0.3) is 0 Å². The smallest absolute Gasteiger partial charge is 0.406 e. The van der Waals surface area contributed by atoms with Crippen LogP contribution in [0.4, 0.5) is 13.2 Å². The molecule has 0 spiro atoms. The molecule has 1 fully saturated rings. The number of halogens is 3. The van der Waals surface area contributed by atoms with Gasteiger partial charge in [0.15, 0.2) is 0 Å². The summed E-state index contributed by atoms with van der Waals surface area (Å²) in [6.07, 6.45) is -2.82. The van der Waals surface area contributed by atoms with E-state index in [4.69, 9.17) is 4.74 Å². The van der Waals surface area contributed by atoms with Gasteiger partial charge in [0.05, 0.1) is 6.10 Å². The van der Waals surface area contributed by atoms with Crippen LogP contribution in [0.5, 0.6) is 5.75 Å². The Morgan fingerprint density at radius 3 is 2.48 bits per heavy atom. The van der Waals surface area contributed by atoms with Gasteiger partial charge in [-0.2, -0.15) is 0 Å². The number of hydrogen-bond acceptors (Lipinski definition) is 3. The Kier molecular flexibility index (Phi) is 4.78. The van der Waals surface area contributed by atoms with E-state index in [2.05, 4.69) is 10.1 Å². The zero-order valence-corrected chi connectivity index (χ0v) is 12.2. The Labute approximate surface area is 122 Å². The van der Waals surface area contributed by atoms with E-state index in [9.17, 15) is 13.2 Å². The Morgan fingerprint density at radius 1 is 1.33 bits per heavy atom. The topological polar surface area (TPSA) is 30.5 Å². The lowest BCUT2D eigenvalue weighted by molar-refractivity contribution is -0.274. The van der Waals surface area contributed by atoms with Crippen molar-refractivity contribution in [2.75, 3.05) is 20.2 Å². The molecule has 2 rings (SSSR count). The maximum absolute atomic E-state index is 12.1. The van der Waals surface area contributed by atoms with Crippen LogP contribution in [-0.4, -0.2) is 32.7 Å². The molecular formula is C15H20F3NO2. The van der Waals surface area contributed by atoms with Gasteiger partial charge < -0.3 is 14.8 Å². The van der Waals surface area contributed by atoms with Gasteiger partial charge in [0, 0.05) is 18.6 Å². The number of ether oxygens (including phenoxy) is 2. The molecule has 0 saturated carbocycles. The van der Waals surface area contributed by atoms with Crippen LogP contribution in [0.2, 0.25) is 0 Å². The molecule has 1 aliphatic heterocycles. The summed E-state index contributed by atoms with van der Waals surface area (Å²) >= 11 is 0. The van der Waals surface area contributed by atoms with E-state index < -0.39 is 6.36 Å². The van der Waals surface area contributed by atoms with Gasteiger partial charge in [-0.25, -0.2) is 0 Å². The normalized spacial score (nSPS) is 26.0. The van der Waals surface area contributed by atoms with Crippen molar-refractivity contribution in [3.8, 4) is 5.75 Å². The van der Waals surface area contributed by atoms with E-state index in [1.165, 1.54) is 12.1 Å².